The first-order valence-corrected chi connectivity index (χ1v) is 22.4. The van der Waals surface area contributed by atoms with Crippen molar-refractivity contribution in [3.8, 4) is 0 Å². The predicted octanol–water partition coefficient (Wildman–Crippen LogP) is 8.46. The van der Waals surface area contributed by atoms with Crippen molar-refractivity contribution < 1.29 is 20.0 Å². The monoisotopic (exact) mass is 552 g/mol. The van der Waals surface area contributed by atoms with E-state index in [1.807, 2.05) is 0 Å². The quantitative estimate of drug-likeness (QED) is 0.289. The number of hydrogen-bond donors (Lipinski definition) is 0. The molecule has 0 aromatic heterocycles. The summed E-state index contributed by atoms with van der Waals surface area (Å²) in [4.78, 5) is 0. The van der Waals surface area contributed by atoms with Crippen LogP contribution in [0.4, 0.5) is 0 Å². The van der Waals surface area contributed by atoms with Crippen LogP contribution in [0.2, 0.25) is 9.36 Å². The molecule has 4 rings (SSSR count). The fourth-order valence-corrected chi connectivity index (χ4v) is 24.9. The van der Waals surface area contributed by atoms with Crippen molar-refractivity contribution in [2.24, 2.45) is 0 Å². The van der Waals surface area contributed by atoms with E-state index in [0.29, 0.717) is 0 Å². The molecule has 2 atom stereocenters. The van der Waals surface area contributed by atoms with E-state index in [1.54, 1.807) is 11.1 Å². The Labute approximate surface area is 182 Å². The van der Waals surface area contributed by atoms with Crippen molar-refractivity contribution in [3.63, 3.8) is 0 Å². The van der Waals surface area contributed by atoms with Crippen molar-refractivity contribution >= 4 is 12.2 Å². The van der Waals surface area contributed by atoms with Crippen LogP contribution in [0.3, 0.4) is 0 Å². The molecule has 0 saturated heterocycles. The third-order valence-corrected chi connectivity index (χ3v) is 29.0. The van der Waals surface area contributed by atoms with Crippen LogP contribution in [0.1, 0.15) is 74.6 Å². The van der Waals surface area contributed by atoms with E-state index in [2.05, 4.69) is 96.0 Å². The van der Waals surface area contributed by atoms with Crippen LogP contribution < -0.4 is 0 Å². The van der Waals surface area contributed by atoms with E-state index in [4.69, 9.17) is 0 Å². The van der Waals surface area contributed by atoms with Crippen LogP contribution in [0.15, 0.2) is 60.7 Å². The summed E-state index contributed by atoms with van der Waals surface area (Å²) in [5, 5.41) is 0. The van der Waals surface area contributed by atoms with Gasteiger partial charge in [-0.2, -0.15) is 0 Å². The SMILES string of the molecule is CCCC[C]1([Hf]([CH3])([CH3])[C]2(CCCC)C=Cc3ccccc32)C=Cc2ccccc21. The van der Waals surface area contributed by atoms with Gasteiger partial charge in [-0.3, -0.25) is 0 Å². The summed E-state index contributed by atoms with van der Waals surface area (Å²) in [6.07, 6.45) is 18.0. The maximum absolute atomic E-state index is 3.06. The van der Waals surface area contributed by atoms with E-state index in [0.717, 1.165) is 0 Å². The van der Waals surface area contributed by atoms with Crippen LogP contribution in [-0.2, 0) is 26.3 Å². The predicted molar refractivity (Wildman–Crippen MR) is 125 cm³/mol. The minimum atomic E-state index is -3.06. The average Bonchev–Trinajstić information content (AvgIpc) is 3.32. The van der Waals surface area contributed by atoms with Crippen LogP contribution >= 0.6 is 0 Å². The molecule has 29 heavy (non-hydrogen) atoms. The summed E-state index contributed by atoms with van der Waals surface area (Å²) in [7, 11) is 0. The van der Waals surface area contributed by atoms with Gasteiger partial charge < -0.3 is 0 Å². The molecule has 0 nitrogen and oxygen atoms in total. The Hall–Kier alpha value is -1.21. The molecule has 0 bridgehead atoms. The van der Waals surface area contributed by atoms with E-state index < -0.39 is 20.0 Å². The molecule has 0 heterocycles. The van der Waals surface area contributed by atoms with Crippen LogP contribution in [0, 0.1) is 0 Å². The average molecular weight is 551 g/mol. The van der Waals surface area contributed by atoms with Gasteiger partial charge in [-0.1, -0.05) is 0 Å². The second-order valence-electron chi connectivity index (χ2n) is 9.62. The molecule has 0 spiro atoms. The van der Waals surface area contributed by atoms with Gasteiger partial charge in [-0.25, -0.2) is 0 Å². The topological polar surface area (TPSA) is 0 Å². The zero-order valence-corrected chi connectivity index (χ0v) is 22.3. The molecular weight excluding hydrogens is 515 g/mol. The van der Waals surface area contributed by atoms with Crippen molar-refractivity contribution in [3.05, 3.63) is 82.9 Å². The number of rotatable bonds is 8. The normalized spacial score (nSPS) is 24.7. The molecule has 0 fully saturated rings. The van der Waals surface area contributed by atoms with Gasteiger partial charge in [0.2, 0.25) is 0 Å². The fourth-order valence-electron chi connectivity index (χ4n) is 6.20. The Morgan fingerprint density at radius 2 is 1.07 bits per heavy atom. The standard InChI is InChI=1S/2C13H15.2CH3.Hf/c2*1-2-3-6-11-9-10-12-7-4-5-8-13(11)12;;;/h2*4-5,7-10H,2-3,6H2,1H3;2*1H3;. The van der Waals surface area contributed by atoms with E-state index in [-0.39, 0.29) is 6.34 Å². The number of fused-ring (bicyclic) bond motifs is 2. The van der Waals surface area contributed by atoms with Crippen molar-refractivity contribution in [2.75, 3.05) is 0 Å². The fraction of sp³-hybridized carbons (Fsp3) is 0.429. The number of allylic oxidation sites excluding steroid dienone is 2. The van der Waals surface area contributed by atoms with Gasteiger partial charge in [-0.15, -0.1) is 0 Å². The van der Waals surface area contributed by atoms with E-state index >= 15 is 0 Å². The minimum absolute atomic E-state index is 0.287. The third kappa shape index (κ3) is 3.11. The van der Waals surface area contributed by atoms with Crippen LogP contribution in [0.25, 0.3) is 12.2 Å². The molecule has 0 saturated carbocycles. The zero-order valence-electron chi connectivity index (χ0n) is 18.7. The van der Waals surface area contributed by atoms with Crippen molar-refractivity contribution in [1.29, 1.82) is 0 Å². The number of benzene rings is 2. The summed E-state index contributed by atoms with van der Waals surface area (Å²) in [6, 6.07) is 18.5. The molecule has 2 aliphatic carbocycles. The summed E-state index contributed by atoms with van der Waals surface area (Å²) >= 11 is -3.06. The molecule has 0 radical (unpaired) electrons. The summed E-state index contributed by atoms with van der Waals surface area (Å²) in [5.41, 5.74) is 6.21. The maximum atomic E-state index is 2.78. The van der Waals surface area contributed by atoms with Gasteiger partial charge in [0.15, 0.2) is 0 Å². The molecule has 0 aliphatic heterocycles. The van der Waals surface area contributed by atoms with Crippen LogP contribution in [0.5, 0.6) is 0 Å². The Morgan fingerprint density at radius 3 is 1.48 bits per heavy atom. The van der Waals surface area contributed by atoms with Gasteiger partial charge >= 0.3 is 183 Å². The first kappa shape index (κ1) is 21.0. The summed E-state index contributed by atoms with van der Waals surface area (Å²) in [5.74, 6) is 0. The molecule has 0 amide bonds. The molecule has 2 aromatic rings. The zero-order chi connectivity index (χ0) is 20.5. The molecule has 1 heteroatoms. The molecular formula is C28H36Hf. The first-order valence-electron chi connectivity index (χ1n) is 11.6. The third-order valence-electron chi connectivity index (χ3n) is 8.06. The Kier molecular flexibility index (Phi) is 5.90. The molecule has 2 aromatic carbocycles. The summed E-state index contributed by atoms with van der Waals surface area (Å²) in [6.45, 7) is 4.69. The summed E-state index contributed by atoms with van der Waals surface area (Å²) < 4.78 is 6.12. The van der Waals surface area contributed by atoms with Crippen molar-refractivity contribution in [2.45, 2.75) is 68.1 Å². The van der Waals surface area contributed by atoms with Crippen molar-refractivity contribution in [1.82, 2.24) is 0 Å². The molecule has 2 unspecified atom stereocenters. The van der Waals surface area contributed by atoms with Crippen LogP contribution in [-0.4, -0.2) is 0 Å². The second kappa shape index (κ2) is 8.14. The Balaban J connectivity index is 1.92. The van der Waals surface area contributed by atoms with E-state index in [9.17, 15) is 0 Å². The van der Waals surface area contributed by atoms with Gasteiger partial charge in [0.05, 0.1) is 0 Å². The van der Waals surface area contributed by atoms with Gasteiger partial charge in [0.25, 0.3) is 0 Å². The second-order valence-corrected chi connectivity index (χ2v) is 27.7. The number of hydrogen-bond acceptors (Lipinski definition) is 0. The Bertz CT molecular complexity index is 859. The molecule has 2 aliphatic rings. The van der Waals surface area contributed by atoms with E-state index in [1.165, 1.54) is 49.7 Å². The van der Waals surface area contributed by atoms with Gasteiger partial charge in [0.1, 0.15) is 0 Å². The molecule has 152 valence electrons. The molecule has 0 N–H and O–H groups in total. The number of unbranched alkanes of at least 4 members (excludes halogenated alkanes) is 2. The van der Waals surface area contributed by atoms with Gasteiger partial charge in [-0.05, 0) is 0 Å². The Morgan fingerprint density at radius 1 is 0.655 bits per heavy atom. The van der Waals surface area contributed by atoms with Gasteiger partial charge in [0, 0.05) is 0 Å². The first-order chi connectivity index (χ1) is 14.0.